The van der Waals surface area contributed by atoms with Gasteiger partial charge in [-0.15, -0.1) is 11.3 Å². The maximum atomic E-state index is 5.39. The van der Waals surface area contributed by atoms with Crippen LogP contribution in [-0.4, -0.2) is 40.2 Å². The maximum Gasteiger partial charge on any atom is 0.268 e. The standard InChI is InChI=1S/C15H20N4OS/c1-15(2)11-7-16-6-10(11)8-19(15)9-13-17-14(20-18-13)12-4-3-5-21-12/h3-5,10-11,16H,6-9H2,1-2H3. The molecule has 2 aliphatic rings. The Morgan fingerprint density at radius 1 is 1.48 bits per heavy atom. The van der Waals surface area contributed by atoms with Gasteiger partial charge in [0.1, 0.15) is 0 Å². The average Bonchev–Trinajstić information content (AvgIpc) is 3.20. The predicted octanol–water partition coefficient (Wildman–Crippen LogP) is 2.23. The summed E-state index contributed by atoms with van der Waals surface area (Å²) in [6, 6.07) is 4.01. The minimum absolute atomic E-state index is 0.192. The van der Waals surface area contributed by atoms with Crippen molar-refractivity contribution in [1.82, 2.24) is 20.4 Å². The number of thiophene rings is 1. The molecule has 0 spiro atoms. The molecule has 4 heterocycles. The van der Waals surface area contributed by atoms with Gasteiger partial charge in [-0.2, -0.15) is 4.98 Å². The minimum atomic E-state index is 0.192. The van der Waals surface area contributed by atoms with Crippen molar-refractivity contribution in [3.8, 4) is 10.8 Å². The lowest BCUT2D eigenvalue weighted by Gasteiger charge is -2.34. The molecule has 2 aromatic heterocycles. The van der Waals surface area contributed by atoms with Gasteiger partial charge >= 0.3 is 0 Å². The molecule has 0 saturated carbocycles. The van der Waals surface area contributed by atoms with Crippen molar-refractivity contribution in [2.75, 3.05) is 19.6 Å². The first kappa shape index (κ1) is 13.4. The highest BCUT2D eigenvalue weighted by Crippen LogP contribution is 2.41. The lowest BCUT2D eigenvalue weighted by molar-refractivity contribution is 0.127. The topological polar surface area (TPSA) is 54.2 Å². The fourth-order valence-electron chi connectivity index (χ4n) is 3.76. The summed E-state index contributed by atoms with van der Waals surface area (Å²) in [6.45, 7) is 8.83. The van der Waals surface area contributed by atoms with E-state index in [1.54, 1.807) is 11.3 Å². The van der Waals surface area contributed by atoms with Crippen molar-refractivity contribution in [2.24, 2.45) is 11.8 Å². The molecule has 21 heavy (non-hydrogen) atoms. The van der Waals surface area contributed by atoms with Gasteiger partial charge in [-0.05, 0) is 43.7 Å². The van der Waals surface area contributed by atoms with Crippen LogP contribution in [0.2, 0.25) is 0 Å². The van der Waals surface area contributed by atoms with Crippen molar-refractivity contribution >= 4 is 11.3 Å². The highest BCUT2D eigenvalue weighted by molar-refractivity contribution is 7.13. The molecule has 112 valence electrons. The van der Waals surface area contributed by atoms with E-state index in [1.807, 2.05) is 17.5 Å². The fraction of sp³-hybridized carbons (Fsp3) is 0.600. The van der Waals surface area contributed by atoms with E-state index in [0.717, 1.165) is 48.7 Å². The fourth-order valence-corrected chi connectivity index (χ4v) is 4.41. The first-order chi connectivity index (χ1) is 10.1. The SMILES string of the molecule is CC1(C)C2CNCC2CN1Cc1noc(-c2cccs2)n1. The first-order valence-corrected chi connectivity index (χ1v) is 8.35. The summed E-state index contributed by atoms with van der Waals surface area (Å²) in [4.78, 5) is 8.09. The molecule has 0 amide bonds. The van der Waals surface area contributed by atoms with Crippen LogP contribution in [0, 0.1) is 11.8 Å². The molecule has 0 aromatic carbocycles. The summed E-state index contributed by atoms with van der Waals surface area (Å²) in [7, 11) is 0. The van der Waals surface area contributed by atoms with Gasteiger partial charge in [0.2, 0.25) is 0 Å². The molecule has 0 radical (unpaired) electrons. The van der Waals surface area contributed by atoms with E-state index in [-0.39, 0.29) is 5.54 Å². The van der Waals surface area contributed by atoms with Crippen LogP contribution in [-0.2, 0) is 6.54 Å². The van der Waals surface area contributed by atoms with Gasteiger partial charge in [-0.1, -0.05) is 11.2 Å². The number of hydrogen-bond donors (Lipinski definition) is 1. The Morgan fingerprint density at radius 3 is 3.14 bits per heavy atom. The smallest absolute Gasteiger partial charge is 0.268 e. The lowest BCUT2D eigenvalue weighted by atomic mass is 9.85. The van der Waals surface area contributed by atoms with Crippen LogP contribution in [0.1, 0.15) is 19.7 Å². The third-order valence-electron chi connectivity index (χ3n) is 5.05. The van der Waals surface area contributed by atoms with Gasteiger partial charge in [0.15, 0.2) is 5.82 Å². The molecule has 2 unspecified atom stereocenters. The summed E-state index contributed by atoms with van der Waals surface area (Å²) in [5.41, 5.74) is 0.192. The zero-order valence-electron chi connectivity index (χ0n) is 12.4. The molecule has 2 atom stereocenters. The maximum absolute atomic E-state index is 5.39. The normalized spacial score (nSPS) is 28.1. The molecule has 4 rings (SSSR count). The van der Waals surface area contributed by atoms with Crippen molar-refractivity contribution in [1.29, 1.82) is 0 Å². The Kier molecular flexibility index (Phi) is 3.13. The van der Waals surface area contributed by atoms with E-state index >= 15 is 0 Å². The molecule has 0 bridgehead atoms. The number of hydrogen-bond acceptors (Lipinski definition) is 6. The molecule has 2 fully saturated rings. The van der Waals surface area contributed by atoms with Crippen LogP contribution in [0.15, 0.2) is 22.0 Å². The minimum Gasteiger partial charge on any atom is -0.333 e. The van der Waals surface area contributed by atoms with E-state index in [9.17, 15) is 0 Å². The Bertz CT molecular complexity index is 621. The summed E-state index contributed by atoms with van der Waals surface area (Å²) >= 11 is 1.63. The van der Waals surface area contributed by atoms with Crippen LogP contribution in [0.5, 0.6) is 0 Å². The number of nitrogens with one attached hydrogen (secondary N) is 1. The molecule has 6 heteroatoms. The van der Waals surface area contributed by atoms with E-state index < -0.39 is 0 Å². The van der Waals surface area contributed by atoms with E-state index in [0.29, 0.717) is 5.89 Å². The monoisotopic (exact) mass is 304 g/mol. The van der Waals surface area contributed by atoms with Gasteiger partial charge in [0, 0.05) is 18.6 Å². The zero-order chi connectivity index (χ0) is 14.4. The molecule has 1 N–H and O–H groups in total. The van der Waals surface area contributed by atoms with Gasteiger partial charge in [0.05, 0.1) is 11.4 Å². The van der Waals surface area contributed by atoms with E-state index in [2.05, 4.69) is 34.2 Å². The van der Waals surface area contributed by atoms with Crippen molar-refractivity contribution in [3.63, 3.8) is 0 Å². The van der Waals surface area contributed by atoms with E-state index in [4.69, 9.17) is 4.52 Å². The Hall–Kier alpha value is -1.24. The summed E-state index contributed by atoms with van der Waals surface area (Å²) < 4.78 is 5.39. The van der Waals surface area contributed by atoms with Crippen LogP contribution in [0.3, 0.4) is 0 Å². The van der Waals surface area contributed by atoms with Gasteiger partial charge in [-0.25, -0.2) is 0 Å². The van der Waals surface area contributed by atoms with Gasteiger partial charge < -0.3 is 9.84 Å². The number of nitrogens with zero attached hydrogens (tertiary/aromatic N) is 3. The molecule has 2 saturated heterocycles. The largest absolute Gasteiger partial charge is 0.333 e. The second-order valence-electron chi connectivity index (χ2n) is 6.55. The number of rotatable bonds is 3. The summed E-state index contributed by atoms with van der Waals surface area (Å²) in [6.07, 6.45) is 0. The molecular formula is C15H20N4OS. The summed E-state index contributed by atoms with van der Waals surface area (Å²) in [5.74, 6) is 2.91. The second kappa shape index (κ2) is 4.90. The summed E-state index contributed by atoms with van der Waals surface area (Å²) in [5, 5.41) is 9.70. The Labute approximate surface area is 128 Å². The predicted molar refractivity (Wildman–Crippen MR) is 81.9 cm³/mol. The van der Waals surface area contributed by atoms with E-state index in [1.165, 1.54) is 0 Å². The quantitative estimate of drug-likeness (QED) is 0.942. The van der Waals surface area contributed by atoms with Crippen LogP contribution >= 0.6 is 11.3 Å². The highest BCUT2D eigenvalue weighted by Gasteiger charge is 2.49. The van der Waals surface area contributed by atoms with Gasteiger partial charge in [-0.3, -0.25) is 4.90 Å². The Balaban J connectivity index is 1.52. The average molecular weight is 304 g/mol. The third-order valence-corrected chi connectivity index (χ3v) is 5.91. The molecule has 2 aliphatic heterocycles. The molecule has 2 aromatic rings. The van der Waals surface area contributed by atoms with Crippen LogP contribution in [0.25, 0.3) is 10.8 Å². The molecular weight excluding hydrogens is 284 g/mol. The second-order valence-corrected chi connectivity index (χ2v) is 7.50. The van der Waals surface area contributed by atoms with Crippen molar-refractivity contribution in [3.05, 3.63) is 23.3 Å². The Morgan fingerprint density at radius 2 is 2.38 bits per heavy atom. The van der Waals surface area contributed by atoms with Crippen molar-refractivity contribution in [2.45, 2.75) is 25.9 Å². The molecule has 0 aliphatic carbocycles. The molecule has 5 nitrogen and oxygen atoms in total. The zero-order valence-corrected chi connectivity index (χ0v) is 13.2. The van der Waals surface area contributed by atoms with Gasteiger partial charge in [0.25, 0.3) is 5.89 Å². The lowest BCUT2D eigenvalue weighted by Crippen LogP contribution is -2.44. The number of likely N-dealkylation sites (tertiary alicyclic amines) is 1. The number of aromatic nitrogens is 2. The van der Waals surface area contributed by atoms with Crippen LogP contribution in [0.4, 0.5) is 0 Å². The number of fused-ring (bicyclic) bond motifs is 1. The third kappa shape index (κ3) is 2.22. The van der Waals surface area contributed by atoms with Crippen LogP contribution < -0.4 is 5.32 Å². The van der Waals surface area contributed by atoms with Crippen molar-refractivity contribution < 1.29 is 4.52 Å². The first-order valence-electron chi connectivity index (χ1n) is 7.47. The highest BCUT2D eigenvalue weighted by atomic mass is 32.1.